The first-order valence-corrected chi connectivity index (χ1v) is 9.76. The van der Waals surface area contributed by atoms with E-state index in [0.717, 1.165) is 28.1 Å². The Morgan fingerprint density at radius 2 is 2.03 bits per heavy atom. The van der Waals surface area contributed by atoms with Crippen LogP contribution in [-0.2, 0) is 4.79 Å². The largest absolute Gasteiger partial charge is 0.494 e. The molecule has 154 valence electrons. The van der Waals surface area contributed by atoms with Gasteiger partial charge in [-0.2, -0.15) is 5.10 Å². The number of fused-ring (bicyclic) bond motifs is 2. The second-order valence-corrected chi connectivity index (χ2v) is 7.08. The molecular formula is C22H21N3O5. The lowest BCUT2D eigenvalue weighted by molar-refractivity contribution is -0.116. The molecule has 3 aromatic rings. The molecule has 2 N–H and O–H groups in total. The zero-order valence-corrected chi connectivity index (χ0v) is 16.7. The summed E-state index contributed by atoms with van der Waals surface area (Å²) in [6, 6.07) is 11.6. The Morgan fingerprint density at radius 1 is 1.20 bits per heavy atom. The lowest BCUT2D eigenvalue weighted by atomic mass is 9.84. The van der Waals surface area contributed by atoms with Crippen LogP contribution in [0.2, 0.25) is 0 Å². The summed E-state index contributed by atoms with van der Waals surface area (Å²) in [5, 5.41) is 10.3. The van der Waals surface area contributed by atoms with Gasteiger partial charge in [0.1, 0.15) is 5.75 Å². The molecule has 0 radical (unpaired) electrons. The van der Waals surface area contributed by atoms with Gasteiger partial charge in [-0.25, -0.2) is 0 Å². The molecule has 3 heterocycles. The summed E-state index contributed by atoms with van der Waals surface area (Å²) in [6.07, 6.45) is 0.291. The van der Waals surface area contributed by atoms with Crippen LogP contribution in [0.4, 0.5) is 5.82 Å². The highest BCUT2D eigenvalue weighted by Crippen LogP contribution is 2.48. The number of rotatable bonds is 5. The van der Waals surface area contributed by atoms with Crippen LogP contribution in [0.15, 0.2) is 36.4 Å². The summed E-state index contributed by atoms with van der Waals surface area (Å²) < 4.78 is 22.1. The van der Waals surface area contributed by atoms with E-state index in [0.29, 0.717) is 36.1 Å². The van der Waals surface area contributed by atoms with Crippen molar-refractivity contribution in [2.45, 2.75) is 19.3 Å². The van der Waals surface area contributed by atoms with Crippen molar-refractivity contribution in [3.05, 3.63) is 47.5 Å². The fraction of sp³-hybridized carbons (Fsp3) is 0.273. The summed E-state index contributed by atoms with van der Waals surface area (Å²) in [6.45, 7) is 2.71. The summed E-state index contributed by atoms with van der Waals surface area (Å²) in [5.74, 6) is 2.82. The first-order valence-electron chi connectivity index (χ1n) is 9.76. The van der Waals surface area contributed by atoms with Gasteiger partial charge in [-0.1, -0.05) is 0 Å². The van der Waals surface area contributed by atoms with Gasteiger partial charge in [0, 0.05) is 23.5 Å². The number of nitrogens with zero attached hydrogens (tertiary/aromatic N) is 1. The Kier molecular flexibility index (Phi) is 4.46. The van der Waals surface area contributed by atoms with Gasteiger partial charge in [0.15, 0.2) is 17.3 Å². The summed E-state index contributed by atoms with van der Waals surface area (Å²) in [7, 11) is 1.59. The van der Waals surface area contributed by atoms with Crippen LogP contribution in [-0.4, -0.2) is 36.6 Å². The molecule has 0 bridgehead atoms. The number of anilines is 1. The number of nitrogens with one attached hydrogen (secondary N) is 2. The third-order valence-electron chi connectivity index (χ3n) is 5.34. The predicted molar refractivity (Wildman–Crippen MR) is 109 cm³/mol. The molecule has 30 heavy (non-hydrogen) atoms. The van der Waals surface area contributed by atoms with E-state index < -0.39 is 0 Å². The predicted octanol–water partition coefficient (Wildman–Crippen LogP) is 3.69. The first-order chi connectivity index (χ1) is 14.7. The van der Waals surface area contributed by atoms with Crippen LogP contribution in [0.3, 0.4) is 0 Å². The van der Waals surface area contributed by atoms with E-state index in [-0.39, 0.29) is 18.6 Å². The number of aromatic amines is 1. The zero-order valence-electron chi connectivity index (χ0n) is 16.7. The summed E-state index contributed by atoms with van der Waals surface area (Å²) in [4.78, 5) is 12.4. The number of amides is 1. The smallest absolute Gasteiger partial charge is 0.231 e. The number of hydrogen-bond acceptors (Lipinski definition) is 6. The first kappa shape index (κ1) is 18.4. The van der Waals surface area contributed by atoms with Crippen LogP contribution in [0, 0.1) is 0 Å². The normalized spacial score (nSPS) is 16.7. The number of carbonyl (C=O) groups is 1. The van der Waals surface area contributed by atoms with Crippen LogP contribution in [0.5, 0.6) is 23.0 Å². The topological polar surface area (TPSA) is 94.7 Å². The number of hydrogen-bond donors (Lipinski definition) is 2. The van der Waals surface area contributed by atoms with Gasteiger partial charge < -0.3 is 24.3 Å². The minimum atomic E-state index is -0.211. The molecule has 8 nitrogen and oxygen atoms in total. The van der Waals surface area contributed by atoms with Gasteiger partial charge in [0.25, 0.3) is 0 Å². The van der Waals surface area contributed by atoms with E-state index in [2.05, 4.69) is 15.5 Å². The number of aromatic nitrogens is 2. The van der Waals surface area contributed by atoms with Gasteiger partial charge in [0.2, 0.25) is 18.4 Å². The van der Waals surface area contributed by atoms with Crippen molar-refractivity contribution >= 4 is 11.7 Å². The van der Waals surface area contributed by atoms with Crippen molar-refractivity contribution in [2.75, 3.05) is 25.8 Å². The molecule has 1 unspecified atom stereocenters. The molecule has 2 aliphatic rings. The third kappa shape index (κ3) is 3.01. The summed E-state index contributed by atoms with van der Waals surface area (Å²) >= 11 is 0. The zero-order chi connectivity index (χ0) is 20.7. The molecule has 2 aliphatic heterocycles. The van der Waals surface area contributed by atoms with Crippen LogP contribution < -0.4 is 24.3 Å². The Hall–Kier alpha value is -3.68. The van der Waals surface area contributed by atoms with Crippen molar-refractivity contribution in [1.29, 1.82) is 0 Å². The molecule has 0 fully saturated rings. The van der Waals surface area contributed by atoms with E-state index in [1.54, 1.807) is 7.11 Å². The van der Waals surface area contributed by atoms with E-state index in [1.807, 2.05) is 43.3 Å². The lowest BCUT2D eigenvalue weighted by Gasteiger charge is -2.24. The van der Waals surface area contributed by atoms with Gasteiger partial charge >= 0.3 is 0 Å². The highest BCUT2D eigenvalue weighted by Gasteiger charge is 2.34. The minimum absolute atomic E-state index is 0.0890. The van der Waals surface area contributed by atoms with Crippen molar-refractivity contribution in [1.82, 2.24) is 10.2 Å². The monoisotopic (exact) mass is 407 g/mol. The highest BCUT2D eigenvalue weighted by atomic mass is 16.7. The molecule has 0 saturated heterocycles. The van der Waals surface area contributed by atoms with E-state index >= 15 is 0 Å². The van der Waals surface area contributed by atoms with Gasteiger partial charge in [-0.15, -0.1) is 0 Å². The second-order valence-electron chi connectivity index (χ2n) is 7.08. The number of H-pyrrole nitrogens is 1. The molecule has 0 aliphatic carbocycles. The fourth-order valence-corrected chi connectivity index (χ4v) is 4.00. The average Bonchev–Trinajstić information content (AvgIpc) is 3.40. The maximum absolute atomic E-state index is 12.4. The molecule has 1 atom stereocenters. The van der Waals surface area contributed by atoms with Crippen LogP contribution >= 0.6 is 0 Å². The van der Waals surface area contributed by atoms with Crippen molar-refractivity contribution in [3.63, 3.8) is 0 Å². The SMILES string of the molecule is CCOc1ccc(-c2[nH]nc3c2C(c2cc(OC)c4c(c2)OCO4)CC(=O)N3)cc1. The number of ether oxygens (including phenoxy) is 4. The van der Waals surface area contributed by atoms with Gasteiger partial charge in [-0.05, 0) is 48.9 Å². The second kappa shape index (κ2) is 7.29. The van der Waals surface area contributed by atoms with Crippen molar-refractivity contribution in [3.8, 4) is 34.3 Å². The van der Waals surface area contributed by atoms with Crippen molar-refractivity contribution in [2.24, 2.45) is 0 Å². The van der Waals surface area contributed by atoms with E-state index in [4.69, 9.17) is 18.9 Å². The van der Waals surface area contributed by atoms with E-state index in [9.17, 15) is 4.79 Å². The van der Waals surface area contributed by atoms with Gasteiger partial charge in [0.05, 0.1) is 19.4 Å². The summed E-state index contributed by atoms with van der Waals surface area (Å²) in [5.41, 5.74) is 3.65. The molecule has 5 rings (SSSR count). The quantitative estimate of drug-likeness (QED) is 0.670. The molecule has 1 amide bonds. The average molecular weight is 407 g/mol. The molecule has 0 saturated carbocycles. The van der Waals surface area contributed by atoms with E-state index in [1.165, 1.54) is 0 Å². The number of methoxy groups -OCH3 is 1. The Morgan fingerprint density at radius 3 is 2.80 bits per heavy atom. The highest BCUT2D eigenvalue weighted by molar-refractivity contribution is 5.96. The standard InChI is InChI=1S/C22H21N3O5/c1-3-28-14-6-4-12(5-7-14)20-19-15(10-18(26)23-22(19)25-24-20)13-8-16(27-2)21-17(9-13)29-11-30-21/h4-9,15H,3,10-11H2,1-2H3,(H2,23,24,25,26). The third-order valence-corrected chi connectivity index (χ3v) is 5.34. The minimum Gasteiger partial charge on any atom is -0.494 e. The molecule has 2 aromatic carbocycles. The van der Waals surface area contributed by atoms with Crippen LogP contribution in [0.1, 0.15) is 30.4 Å². The molecule has 1 aromatic heterocycles. The maximum Gasteiger partial charge on any atom is 0.231 e. The van der Waals surface area contributed by atoms with Crippen molar-refractivity contribution < 1.29 is 23.7 Å². The van der Waals surface area contributed by atoms with Crippen LogP contribution in [0.25, 0.3) is 11.3 Å². The Balaban J connectivity index is 1.60. The molecule has 0 spiro atoms. The van der Waals surface area contributed by atoms with Gasteiger partial charge in [-0.3, -0.25) is 9.89 Å². The Bertz CT molecular complexity index is 1110. The lowest BCUT2D eigenvalue weighted by Crippen LogP contribution is -2.23. The number of carbonyl (C=O) groups excluding carboxylic acids is 1. The molecule has 8 heteroatoms. The Labute approximate surface area is 173 Å². The number of benzene rings is 2. The fourth-order valence-electron chi connectivity index (χ4n) is 4.00. The molecular weight excluding hydrogens is 386 g/mol. The maximum atomic E-state index is 12.4.